The fourth-order valence-electron chi connectivity index (χ4n) is 3.97. The van der Waals surface area contributed by atoms with Crippen LogP contribution in [0.2, 0.25) is 0 Å². The fourth-order valence-corrected chi connectivity index (χ4v) is 3.97. The van der Waals surface area contributed by atoms with Gasteiger partial charge in [0.25, 0.3) is 0 Å². The van der Waals surface area contributed by atoms with Gasteiger partial charge in [0.15, 0.2) is 0 Å². The Morgan fingerprint density at radius 2 is 2.17 bits per heavy atom. The highest BCUT2D eigenvalue weighted by atomic mass is 16.5. The number of ether oxygens (including phenoxy) is 1. The topological polar surface area (TPSA) is 60.2 Å². The number of nitrogens with zero attached hydrogens (tertiary/aromatic N) is 4. The number of aryl methyl sites for hydroxylation is 1. The molecule has 0 radical (unpaired) electrons. The Bertz CT molecular complexity index is 918. The molecule has 1 amide bonds. The van der Waals surface area contributed by atoms with E-state index in [-0.39, 0.29) is 12.0 Å². The summed E-state index contributed by atoms with van der Waals surface area (Å²) >= 11 is 0. The molecule has 2 saturated heterocycles. The molecule has 1 atom stereocenters. The molecule has 6 nitrogen and oxygen atoms in total. The van der Waals surface area contributed by atoms with Gasteiger partial charge < -0.3 is 9.64 Å². The maximum atomic E-state index is 11.9. The van der Waals surface area contributed by atoms with Crippen LogP contribution in [0.1, 0.15) is 49.7 Å². The van der Waals surface area contributed by atoms with E-state index in [9.17, 15) is 4.79 Å². The van der Waals surface area contributed by atoms with E-state index in [1.165, 1.54) is 6.42 Å². The van der Waals surface area contributed by atoms with Crippen LogP contribution < -0.4 is 0 Å². The van der Waals surface area contributed by atoms with Crippen LogP contribution in [-0.4, -0.2) is 51.6 Å². The summed E-state index contributed by atoms with van der Waals surface area (Å²) < 4.78 is 7.68. The molecule has 2 aromatic rings. The summed E-state index contributed by atoms with van der Waals surface area (Å²) in [7, 11) is 0. The van der Waals surface area contributed by atoms with Crippen LogP contribution in [0, 0.1) is 18.8 Å². The van der Waals surface area contributed by atoms with E-state index in [0.717, 1.165) is 67.8 Å². The van der Waals surface area contributed by atoms with Crippen molar-refractivity contribution in [2.45, 2.75) is 58.1 Å². The number of rotatable bonds is 4. The number of benzene rings is 1. The summed E-state index contributed by atoms with van der Waals surface area (Å²) in [6.45, 7) is 5.01. The van der Waals surface area contributed by atoms with Gasteiger partial charge >= 0.3 is 0 Å². The van der Waals surface area contributed by atoms with Gasteiger partial charge in [-0.05, 0) is 56.7 Å². The van der Waals surface area contributed by atoms with E-state index in [2.05, 4.69) is 41.2 Å². The van der Waals surface area contributed by atoms with Crippen molar-refractivity contribution in [1.29, 1.82) is 0 Å². The van der Waals surface area contributed by atoms with Gasteiger partial charge in [-0.15, -0.1) is 5.10 Å². The molecule has 1 aromatic carbocycles. The van der Waals surface area contributed by atoms with Gasteiger partial charge in [-0.1, -0.05) is 23.1 Å². The number of hydrogen-bond acceptors (Lipinski definition) is 4. The van der Waals surface area contributed by atoms with Gasteiger partial charge in [-0.3, -0.25) is 4.79 Å². The number of likely N-dealkylation sites (tertiary alicyclic amines) is 1. The van der Waals surface area contributed by atoms with Crippen LogP contribution in [0.4, 0.5) is 0 Å². The Labute approximate surface area is 172 Å². The summed E-state index contributed by atoms with van der Waals surface area (Å²) in [5, 5.41) is 8.63. The first-order chi connectivity index (χ1) is 14.2. The van der Waals surface area contributed by atoms with Crippen LogP contribution in [0.15, 0.2) is 24.4 Å². The van der Waals surface area contributed by atoms with Crippen molar-refractivity contribution in [1.82, 2.24) is 19.9 Å². The molecule has 6 heteroatoms. The predicted octanol–water partition coefficient (Wildman–Crippen LogP) is 3.19. The second-order valence-corrected chi connectivity index (χ2v) is 7.92. The van der Waals surface area contributed by atoms with E-state index >= 15 is 0 Å². The van der Waals surface area contributed by atoms with Crippen molar-refractivity contribution in [3.63, 3.8) is 0 Å². The van der Waals surface area contributed by atoms with Crippen LogP contribution in [-0.2, 0) is 16.1 Å². The number of hydrogen-bond donors (Lipinski definition) is 0. The molecule has 0 unspecified atom stereocenters. The third-order valence-corrected chi connectivity index (χ3v) is 5.63. The average Bonchev–Trinajstić information content (AvgIpc) is 3.18. The van der Waals surface area contributed by atoms with Crippen LogP contribution in [0.3, 0.4) is 0 Å². The van der Waals surface area contributed by atoms with Crippen molar-refractivity contribution in [2.75, 3.05) is 19.7 Å². The molecular formula is C23H28N4O2. The Morgan fingerprint density at radius 3 is 2.97 bits per heavy atom. The normalized spacial score (nSPS) is 19.7. The first-order valence-corrected chi connectivity index (χ1v) is 10.6. The van der Waals surface area contributed by atoms with Crippen LogP contribution >= 0.6 is 0 Å². The molecule has 0 aliphatic carbocycles. The molecule has 2 aliphatic rings. The van der Waals surface area contributed by atoms with Crippen LogP contribution in [0.25, 0.3) is 11.3 Å². The van der Waals surface area contributed by atoms with E-state index in [1.54, 1.807) is 0 Å². The molecule has 0 N–H and O–H groups in total. The number of aromatic nitrogens is 3. The Balaban J connectivity index is 1.40. The second-order valence-electron chi connectivity index (χ2n) is 7.92. The number of carbonyl (C=O) groups excluding carboxylic acids is 1. The first-order valence-electron chi connectivity index (χ1n) is 10.6. The molecule has 152 valence electrons. The highest BCUT2D eigenvalue weighted by Gasteiger charge is 2.17. The second kappa shape index (κ2) is 9.23. The largest absolute Gasteiger partial charge is 0.376 e. The van der Waals surface area contributed by atoms with E-state index in [4.69, 9.17) is 4.74 Å². The monoisotopic (exact) mass is 392 g/mol. The van der Waals surface area contributed by atoms with Crippen LogP contribution in [0.5, 0.6) is 0 Å². The average molecular weight is 393 g/mol. The fraction of sp³-hybridized carbons (Fsp3) is 0.522. The van der Waals surface area contributed by atoms with E-state index in [0.29, 0.717) is 13.0 Å². The highest BCUT2D eigenvalue weighted by Crippen LogP contribution is 2.22. The molecule has 29 heavy (non-hydrogen) atoms. The molecule has 2 fully saturated rings. The van der Waals surface area contributed by atoms with Crippen molar-refractivity contribution in [2.24, 2.45) is 0 Å². The number of amides is 1. The van der Waals surface area contributed by atoms with Gasteiger partial charge in [-0.25, -0.2) is 4.68 Å². The summed E-state index contributed by atoms with van der Waals surface area (Å²) in [5.41, 5.74) is 4.01. The van der Waals surface area contributed by atoms with E-state index in [1.807, 2.05) is 21.8 Å². The molecule has 0 saturated carbocycles. The third kappa shape index (κ3) is 5.04. The van der Waals surface area contributed by atoms with Gasteiger partial charge in [0.05, 0.1) is 25.4 Å². The Morgan fingerprint density at radius 1 is 1.24 bits per heavy atom. The predicted molar refractivity (Wildman–Crippen MR) is 111 cm³/mol. The molecular weight excluding hydrogens is 364 g/mol. The quantitative estimate of drug-likeness (QED) is 0.750. The molecule has 3 heterocycles. The standard InChI is InChI=1S/C23H28N4O2/c1-18-15-19(7-6-13-26-12-4-2-9-23(26)28)10-11-21(18)22-17-27(25-24-22)16-20-8-3-5-14-29-20/h10-11,15,17,20H,2-5,8-9,12-14,16H2,1H3/t20-/m1/s1. The van der Waals surface area contributed by atoms with E-state index < -0.39 is 0 Å². The van der Waals surface area contributed by atoms with Crippen molar-refractivity contribution < 1.29 is 9.53 Å². The van der Waals surface area contributed by atoms with Gasteiger partial charge in [0, 0.05) is 30.7 Å². The zero-order valence-corrected chi connectivity index (χ0v) is 17.1. The minimum atomic E-state index is 0.221. The summed E-state index contributed by atoms with van der Waals surface area (Å²) in [5.74, 6) is 6.56. The van der Waals surface area contributed by atoms with Crippen molar-refractivity contribution in [3.05, 3.63) is 35.5 Å². The van der Waals surface area contributed by atoms with Gasteiger partial charge in [0.2, 0.25) is 5.91 Å². The smallest absolute Gasteiger partial charge is 0.223 e. The number of piperidine rings is 1. The minimum Gasteiger partial charge on any atom is -0.376 e. The first kappa shape index (κ1) is 19.7. The van der Waals surface area contributed by atoms with Gasteiger partial charge in [0.1, 0.15) is 5.69 Å². The Hall–Kier alpha value is -2.65. The summed E-state index contributed by atoms with van der Waals surface area (Å²) in [4.78, 5) is 13.7. The molecule has 1 aromatic heterocycles. The summed E-state index contributed by atoms with van der Waals surface area (Å²) in [6.07, 6.45) is 8.43. The molecule has 4 rings (SSSR count). The zero-order chi connectivity index (χ0) is 20.1. The lowest BCUT2D eigenvalue weighted by Gasteiger charge is -2.24. The molecule has 2 aliphatic heterocycles. The lowest BCUT2D eigenvalue weighted by molar-refractivity contribution is -0.132. The van der Waals surface area contributed by atoms with Gasteiger partial charge in [-0.2, -0.15) is 0 Å². The van der Waals surface area contributed by atoms with Crippen molar-refractivity contribution >= 4 is 5.91 Å². The third-order valence-electron chi connectivity index (χ3n) is 5.63. The molecule has 0 spiro atoms. The maximum absolute atomic E-state index is 11.9. The molecule has 0 bridgehead atoms. The number of carbonyl (C=O) groups is 1. The van der Waals surface area contributed by atoms with Crippen molar-refractivity contribution in [3.8, 4) is 23.1 Å². The lowest BCUT2D eigenvalue weighted by atomic mass is 10.0. The SMILES string of the molecule is Cc1cc(C#CCN2CCCCC2=O)ccc1-c1cn(C[C@H]2CCCCO2)nn1. The zero-order valence-electron chi connectivity index (χ0n) is 17.1. The Kier molecular flexibility index (Phi) is 6.26. The highest BCUT2D eigenvalue weighted by molar-refractivity contribution is 5.77. The minimum absolute atomic E-state index is 0.221. The summed E-state index contributed by atoms with van der Waals surface area (Å²) in [6, 6.07) is 6.14. The maximum Gasteiger partial charge on any atom is 0.223 e. The lowest BCUT2D eigenvalue weighted by Crippen LogP contribution is -2.35.